The van der Waals surface area contributed by atoms with E-state index < -0.39 is 5.41 Å². The van der Waals surface area contributed by atoms with Gasteiger partial charge in [-0.25, -0.2) is 0 Å². The third-order valence-electron chi connectivity index (χ3n) is 13.6. The summed E-state index contributed by atoms with van der Waals surface area (Å²) in [6.07, 6.45) is 12.8. The summed E-state index contributed by atoms with van der Waals surface area (Å²) in [5.74, 6) is 1.27. The second kappa shape index (κ2) is 7.82. The number of esters is 1. The van der Waals surface area contributed by atoms with Crippen LogP contribution in [0.1, 0.15) is 106 Å². The topological polar surface area (TPSA) is 66.8 Å². The summed E-state index contributed by atoms with van der Waals surface area (Å²) in [5, 5.41) is 21.3. The quantitative estimate of drug-likeness (QED) is 0.355. The Morgan fingerprint density at radius 2 is 1.66 bits per heavy atom. The minimum atomic E-state index is -0.761. The molecule has 0 aromatic heterocycles. The number of ether oxygens (including phenoxy) is 1. The molecule has 0 spiro atoms. The number of allylic oxidation sites excluding steroid dienone is 2. The van der Waals surface area contributed by atoms with E-state index in [0.717, 1.165) is 32.1 Å². The lowest BCUT2D eigenvalue weighted by atomic mass is 9.33. The molecule has 4 nitrogen and oxygen atoms in total. The molecule has 5 aliphatic carbocycles. The molecule has 4 saturated carbocycles. The first kappa shape index (κ1) is 25.8. The first-order valence-corrected chi connectivity index (χ1v) is 14.3. The van der Waals surface area contributed by atoms with Crippen LogP contribution in [0.25, 0.3) is 0 Å². The molecule has 9 atom stereocenters. The molecule has 0 aromatic carbocycles. The number of rotatable bonds is 2. The molecule has 0 amide bonds. The van der Waals surface area contributed by atoms with Crippen molar-refractivity contribution in [1.82, 2.24) is 0 Å². The Balaban J connectivity index is 1.56. The van der Waals surface area contributed by atoms with E-state index in [0.29, 0.717) is 24.2 Å². The molecule has 0 aromatic rings. The average Bonchev–Trinajstić information content (AvgIpc) is 2.82. The Kier molecular flexibility index (Phi) is 5.76. The van der Waals surface area contributed by atoms with Gasteiger partial charge in [-0.15, -0.1) is 0 Å². The molecule has 0 unspecified atom stereocenters. The Bertz CT molecular complexity index is 923. The lowest BCUT2D eigenvalue weighted by Gasteiger charge is -2.71. The van der Waals surface area contributed by atoms with Gasteiger partial charge in [-0.2, -0.15) is 0 Å². The highest BCUT2D eigenvalue weighted by Gasteiger charge is 2.68. The van der Waals surface area contributed by atoms with Crippen molar-refractivity contribution in [2.24, 2.45) is 50.2 Å². The monoisotopic (exact) mass is 486 g/mol. The largest absolute Gasteiger partial charge is 0.469 e. The lowest BCUT2D eigenvalue weighted by molar-refractivity contribution is -0.204. The molecule has 198 valence electrons. The van der Waals surface area contributed by atoms with Crippen LogP contribution in [0.4, 0.5) is 0 Å². The third-order valence-corrected chi connectivity index (χ3v) is 13.6. The highest BCUT2D eigenvalue weighted by atomic mass is 16.5. The van der Waals surface area contributed by atoms with E-state index >= 15 is 0 Å². The fourth-order valence-corrected chi connectivity index (χ4v) is 10.9. The summed E-state index contributed by atoms with van der Waals surface area (Å²) in [7, 11) is 1.46. The van der Waals surface area contributed by atoms with Gasteiger partial charge in [0.05, 0.1) is 25.2 Å². The van der Waals surface area contributed by atoms with Gasteiger partial charge >= 0.3 is 5.97 Å². The Hall–Kier alpha value is -0.870. The van der Waals surface area contributed by atoms with Crippen molar-refractivity contribution in [3.05, 3.63) is 11.6 Å². The molecule has 0 heterocycles. The Labute approximate surface area is 213 Å². The lowest BCUT2D eigenvalue weighted by Crippen LogP contribution is -2.64. The van der Waals surface area contributed by atoms with Gasteiger partial charge in [0.1, 0.15) is 0 Å². The van der Waals surface area contributed by atoms with E-state index in [1.54, 1.807) is 5.57 Å². The van der Waals surface area contributed by atoms with E-state index in [1.165, 1.54) is 32.8 Å². The normalized spacial score (nSPS) is 52.8. The van der Waals surface area contributed by atoms with Crippen LogP contribution in [-0.2, 0) is 9.53 Å². The molecular formula is C31H50O4. The summed E-state index contributed by atoms with van der Waals surface area (Å²) in [4.78, 5) is 12.9. The SMILES string of the molecule is COC(=O)[C@]1(CO)CC[C@]2(C)CC[C@]3(C)C(=CC[C@@H]4[C@@]5(C)CC[C@H](O)C(C)(C)[C@@H]5CC[C@]43C)[C@@H]2C1. The van der Waals surface area contributed by atoms with Crippen molar-refractivity contribution in [3.63, 3.8) is 0 Å². The van der Waals surface area contributed by atoms with Gasteiger partial charge in [0.25, 0.3) is 0 Å². The zero-order valence-corrected chi connectivity index (χ0v) is 23.4. The van der Waals surface area contributed by atoms with Gasteiger partial charge in [-0.3, -0.25) is 4.79 Å². The molecule has 4 fully saturated rings. The second-order valence-electron chi connectivity index (χ2n) is 15.0. The summed E-state index contributed by atoms with van der Waals surface area (Å²) >= 11 is 0. The number of hydrogen-bond donors (Lipinski definition) is 2. The molecule has 5 aliphatic rings. The van der Waals surface area contributed by atoms with E-state index in [9.17, 15) is 15.0 Å². The maximum atomic E-state index is 12.9. The van der Waals surface area contributed by atoms with Crippen LogP contribution in [0.2, 0.25) is 0 Å². The maximum Gasteiger partial charge on any atom is 0.314 e. The number of carbonyl (C=O) groups excluding carboxylic acids is 1. The summed E-state index contributed by atoms with van der Waals surface area (Å²) in [5.41, 5.74) is 1.56. The smallest absolute Gasteiger partial charge is 0.314 e. The zero-order chi connectivity index (χ0) is 25.7. The van der Waals surface area contributed by atoms with Crippen LogP contribution in [0.15, 0.2) is 11.6 Å². The molecular weight excluding hydrogens is 436 g/mol. The Morgan fingerprint density at radius 1 is 0.971 bits per heavy atom. The number of aliphatic hydroxyl groups is 2. The highest BCUT2D eigenvalue weighted by Crippen LogP contribution is 2.75. The fraction of sp³-hybridized carbons (Fsp3) is 0.903. The van der Waals surface area contributed by atoms with Crippen LogP contribution >= 0.6 is 0 Å². The molecule has 5 rings (SSSR count). The molecule has 35 heavy (non-hydrogen) atoms. The number of fused-ring (bicyclic) bond motifs is 7. The molecule has 2 N–H and O–H groups in total. The van der Waals surface area contributed by atoms with Crippen molar-refractivity contribution >= 4 is 5.97 Å². The summed E-state index contributed by atoms with van der Waals surface area (Å²) in [6, 6.07) is 0. The molecule has 0 bridgehead atoms. The predicted octanol–water partition coefficient (Wildman–Crippen LogP) is 6.29. The van der Waals surface area contributed by atoms with E-state index in [-0.39, 0.29) is 45.8 Å². The number of hydrogen-bond acceptors (Lipinski definition) is 4. The van der Waals surface area contributed by atoms with Crippen molar-refractivity contribution in [3.8, 4) is 0 Å². The minimum absolute atomic E-state index is 0.0328. The average molecular weight is 487 g/mol. The van der Waals surface area contributed by atoms with Crippen LogP contribution in [0, 0.1) is 50.2 Å². The summed E-state index contributed by atoms with van der Waals surface area (Å²) in [6.45, 7) is 14.6. The Morgan fingerprint density at radius 3 is 2.31 bits per heavy atom. The van der Waals surface area contributed by atoms with Gasteiger partial charge in [-0.1, -0.05) is 53.2 Å². The van der Waals surface area contributed by atoms with Gasteiger partial charge in [0.15, 0.2) is 0 Å². The first-order valence-electron chi connectivity index (χ1n) is 14.3. The van der Waals surface area contributed by atoms with Gasteiger partial charge in [0, 0.05) is 0 Å². The minimum Gasteiger partial charge on any atom is -0.469 e. The first-order chi connectivity index (χ1) is 16.2. The number of aliphatic hydroxyl groups excluding tert-OH is 2. The van der Waals surface area contributed by atoms with E-state index in [4.69, 9.17) is 4.74 Å². The number of carbonyl (C=O) groups is 1. The standard InChI is InChI=1S/C31H50O4/c1-26(2)22-10-13-30(6)23(28(22,4)12-11-24(26)33)9-8-20-21-18-31(19-32,25(34)35-7)17-15-27(21,3)14-16-29(20,30)5/h8,21-24,32-33H,9-19H2,1-7H3/t21-,22-,23+,24-,27-,28-,29+,30+,31+/m0/s1. The number of methoxy groups -OCH3 is 1. The van der Waals surface area contributed by atoms with Crippen molar-refractivity contribution in [2.75, 3.05) is 13.7 Å². The predicted molar refractivity (Wildman–Crippen MR) is 138 cm³/mol. The van der Waals surface area contributed by atoms with Gasteiger partial charge in [-0.05, 0) is 109 Å². The fourth-order valence-electron chi connectivity index (χ4n) is 10.9. The van der Waals surface area contributed by atoms with Crippen LogP contribution in [-0.4, -0.2) is 36.0 Å². The highest BCUT2D eigenvalue weighted by molar-refractivity contribution is 5.77. The van der Waals surface area contributed by atoms with Crippen molar-refractivity contribution < 1.29 is 19.7 Å². The summed E-state index contributed by atoms with van der Waals surface area (Å²) < 4.78 is 5.23. The van der Waals surface area contributed by atoms with E-state index in [2.05, 4.69) is 47.6 Å². The maximum absolute atomic E-state index is 12.9. The molecule has 0 saturated heterocycles. The van der Waals surface area contributed by atoms with Crippen molar-refractivity contribution in [1.29, 1.82) is 0 Å². The van der Waals surface area contributed by atoms with Gasteiger partial charge in [0.2, 0.25) is 0 Å². The van der Waals surface area contributed by atoms with Crippen molar-refractivity contribution in [2.45, 2.75) is 112 Å². The molecule has 0 radical (unpaired) electrons. The molecule has 4 heteroatoms. The molecule has 0 aliphatic heterocycles. The third kappa shape index (κ3) is 3.14. The van der Waals surface area contributed by atoms with E-state index in [1.807, 2.05) is 0 Å². The second-order valence-corrected chi connectivity index (χ2v) is 15.0. The van der Waals surface area contributed by atoms with Gasteiger partial charge < -0.3 is 14.9 Å². The van der Waals surface area contributed by atoms with Crippen LogP contribution < -0.4 is 0 Å². The van der Waals surface area contributed by atoms with Crippen LogP contribution in [0.3, 0.4) is 0 Å². The zero-order valence-electron chi connectivity index (χ0n) is 23.4. The van der Waals surface area contributed by atoms with Crippen LogP contribution in [0.5, 0.6) is 0 Å².